The van der Waals surface area contributed by atoms with Gasteiger partial charge in [-0.1, -0.05) is 63.1 Å². The summed E-state index contributed by atoms with van der Waals surface area (Å²) in [6, 6.07) is 12.3. The van der Waals surface area contributed by atoms with Crippen LogP contribution in [0.2, 0.25) is 0 Å². The predicted molar refractivity (Wildman–Crippen MR) is 137 cm³/mol. The van der Waals surface area contributed by atoms with Crippen molar-refractivity contribution in [3.8, 4) is 22.9 Å². The monoisotopic (exact) mass is 483 g/mol. The lowest BCUT2D eigenvalue weighted by molar-refractivity contribution is -0.0440. The fourth-order valence-electron chi connectivity index (χ4n) is 3.38. The van der Waals surface area contributed by atoms with E-state index in [0.717, 1.165) is 22.6 Å². The van der Waals surface area contributed by atoms with E-state index in [-0.39, 0.29) is 17.9 Å². The van der Waals surface area contributed by atoms with Gasteiger partial charge in [0.05, 0.1) is 5.56 Å². The molecule has 0 atom stereocenters. The number of ether oxygens (including phenoxy) is 1. The molecule has 4 N–H and O–H groups in total. The smallest absolute Gasteiger partial charge is 0.182 e. The van der Waals surface area contributed by atoms with Crippen molar-refractivity contribution in [2.75, 3.05) is 10.5 Å². The number of anilines is 1. The van der Waals surface area contributed by atoms with E-state index < -0.39 is 6.29 Å². The number of aromatic nitrogens is 2. The Kier molecular flexibility index (Phi) is 10.5. The van der Waals surface area contributed by atoms with Gasteiger partial charge in [-0.3, -0.25) is 0 Å². The fourth-order valence-corrected chi connectivity index (χ4v) is 4.13. The van der Waals surface area contributed by atoms with Crippen LogP contribution in [-0.4, -0.2) is 31.0 Å². The van der Waals surface area contributed by atoms with Gasteiger partial charge in [0, 0.05) is 35.0 Å². The summed E-state index contributed by atoms with van der Waals surface area (Å²) in [6.45, 7) is 2.45. The summed E-state index contributed by atoms with van der Waals surface area (Å²) >= 11 is 1.73. The number of hydrogen-bond acceptors (Lipinski definition) is 8. The molecule has 0 radical (unpaired) electrons. The lowest BCUT2D eigenvalue weighted by atomic mass is 10.1. The Balaban J connectivity index is 1.48. The quantitative estimate of drug-likeness (QED) is 0.129. The highest BCUT2D eigenvalue weighted by Crippen LogP contribution is 2.28. The lowest BCUT2D eigenvalue weighted by Crippen LogP contribution is -2.00. The van der Waals surface area contributed by atoms with E-state index in [4.69, 9.17) is 4.74 Å². The van der Waals surface area contributed by atoms with Crippen molar-refractivity contribution in [2.45, 2.75) is 58.3 Å². The van der Waals surface area contributed by atoms with Crippen LogP contribution in [0, 0.1) is 0 Å². The average molecular weight is 484 g/mol. The average Bonchev–Trinajstić information content (AvgIpc) is 2.85. The van der Waals surface area contributed by atoms with Crippen LogP contribution in [0.15, 0.2) is 54.9 Å². The number of hydrogen-bond donors (Lipinski definition) is 4. The van der Waals surface area contributed by atoms with E-state index in [2.05, 4.69) is 21.6 Å². The molecule has 0 aliphatic carbocycles. The second-order valence-electron chi connectivity index (χ2n) is 8.10. The van der Waals surface area contributed by atoms with Crippen LogP contribution in [-0.2, 0) is 6.61 Å². The van der Waals surface area contributed by atoms with Crippen LogP contribution < -0.4 is 9.46 Å². The SMILES string of the molecule is CCCCCCCCSNc1cccc(-c2ncc(COc3ccc(O)c(C(O)O)c3)cn2)c1. The van der Waals surface area contributed by atoms with Gasteiger partial charge in [-0.2, -0.15) is 0 Å². The van der Waals surface area contributed by atoms with Crippen LogP contribution in [0.4, 0.5) is 5.69 Å². The number of rotatable bonds is 14. The number of unbranched alkanes of at least 4 members (excludes halogenated alkanes) is 5. The van der Waals surface area contributed by atoms with E-state index in [9.17, 15) is 15.3 Å². The van der Waals surface area contributed by atoms with E-state index in [0.29, 0.717) is 11.6 Å². The summed E-state index contributed by atoms with van der Waals surface area (Å²) < 4.78 is 9.08. The first-order valence-electron chi connectivity index (χ1n) is 11.7. The summed E-state index contributed by atoms with van der Waals surface area (Å²) in [5, 5.41) is 28.2. The molecule has 182 valence electrons. The van der Waals surface area contributed by atoms with E-state index in [1.807, 2.05) is 24.3 Å². The standard InChI is InChI=1S/C26H33N3O4S/c1-2-3-4-5-6-7-13-34-29-21-10-8-9-20(14-21)25-27-16-19(17-28-25)18-33-22-11-12-24(30)23(15-22)26(31)32/h8-12,14-17,26,29-32H,2-7,13,18H2,1H3. The van der Waals surface area contributed by atoms with Gasteiger partial charge in [0.15, 0.2) is 12.1 Å². The van der Waals surface area contributed by atoms with Crippen molar-refractivity contribution in [1.82, 2.24) is 9.97 Å². The van der Waals surface area contributed by atoms with Gasteiger partial charge >= 0.3 is 0 Å². The maximum Gasteiger partial charge on any atom is 0.182 e. The molecule has 0 unspecified atom stereocenters. The third kappa shape index (κ3) is 8.20. The van der Waals surface area contributed by atoms with E-state index in [1.165, 1.54) is 50.7 Å². The van der Waals surface area contributed by atoms with Crippen LogP contribution in [0.1, 0.15) is 62.9 Å². The Morgan fingerprint density at radius 3 is 2.50 bits per heavy atom. The van der Waals surface area contributed by atoms with Crippen molar-refractivity contribution in [3.63, 3.8) is 0 Å². The zero-order chi connectivity index (χ0) is 24.2. The topological polar surface area (TPSA) is 108 Å². The summed E-state index contributed by atoms with van der Waals surface area (Å²) in [5.74, 6) is 1.92. The molecule has 0 saturated carbocycles. The highest BCUT2D eigenvalue weighted by atomic mass is 32.2. The van der Waals surface area contributed by atoms with Crippen LogP contribution >= 0.6 is 11.9 Å². The first kappa shape index (κ1) is 25.8. The van der Waals surface area contributed by atoms with E-state index >= 15 is 0 Å². The normalized spacial score (nSPS) is 11.1. The molecule has 0 aliphatic heterocycles. The van der Waals surface area contributed by atoms with Gasteiger partial charge < -0.3 is 24.8 Å². The van der Waals surface area contributed by atoms with Crippen molar-refractivity contribution in [3.05, 3.63) is 66.0 Å². The molecule has 8 heteroatoms. The molecule has 3 aromatic rings. The van der Waals surface area contributed by atoms with Gasteiger partial charge in [-0.15, -0.1) is 0 Å². The molecule has 0 aliphatic rings. The minimum atomic E-state index is -1.77. The zero-order valence-electron chi connectivity index (χ0n) is 19.5. The molecule has 3 rings (SSSR count). The van der Waals surface area contributed by atoms with Crippen molar-refractivity contribution >= 4 is 17.6 Å². The highest BCUT2D eigenvalue weighted by Gasteiger charge is 2.11. The van der Waals surface area contributed by atoms with Gasteiger partial charge in [0.1, 0.15) is 18.1 Å². The molecule has 34 heavy (non-hydrogen) atoms. The second kappa shape index (κ2) is 13.8. The van der Waals surface area contributed by atoms with Gasteiger partial charge in [-0.25, -0.2) is 9.97 Å². The predicted octanol–water partition coefficient (Wildman–Crippen LogP) is 5.83. The molecular formula is C26H33N3O4S. The molecule has 0 amide bonds. The third-order valence-corrected chi connectivity index (χ3v) is 6.17. The minimum absolute atomic E-state index is 0.0114. The van der Waals surface area contributed by atoms with Crippen LogP contribution in [0.5, 0.6) is 11.5 Å². The van der Waals surface area contributed by atoms with Gasteiger partial charge in [-0.05, 0) is 36.8 Å². The summed E-state index contributed by atoms with van der Waals surface area (Å²) in [5.41, 5.74) is 2.71. The Hall–Kier alpha value is -2.81. The maximum absolute atomic E-state index is 9.66. The molecule has 0 spiro atoms. The number of aliphatic hydroxyl groups is 2. The number of phenolic OH excluding ortho intramolecular Hbond substituents is 1. The van der Waals surface area contributed by atoms with E-state index in [1.54, 1.807) is 30.4 Å². The minimum Gasteiger partial charge on any atom is -0.507 e. The molecule has 7 nitrogen and oxygen atoms in total. The number of benzene rings is 2. The first-order valence-corrected chi connectivity index (χ1v) is 12.7. The van der Waals surface area contributed by atoms with Gasteiger partial charge in [0.25, 0.3) is 0 Å². The lowest BCUT2D eigenvalue weighted by Gasteiger charge is -2.11. The Morgan fingerprint density at radius 1 is 0.971 bits per heavy atom. The molecular weight excluding hydrogens is 450 g/mol. The number of phenols is 1. The molecule has 1 heterocycles. The molecule has 2 aromatic carbocycles. The van der Waals surface area contributed by atoms with Crippen LogP contribution in [0.25, 0.3) is 11.4 Å². The number of nitrogens with zero attached hydrogens (tertiary/aromatic N) is 2. The first-order chi connectivity index (χ1) is 16.6. The second-order valence-corrected chi connectivity index (χ2v) is 9.00. The summed E-state index contributed by atoms with van der Waals surface area (Å²) in [4.78, 5) is 8.92. The Bertz CT molecular complexity index is 1020. The Morgan fingerprint density at radius 2 is 1.74 bits per heavy atom. The third-order valence-electron chi connectivity index (χ3n) is 5.30. The van der Waals surface area contributed by atoms with Gasteiger partial charge in [0.2, 0.25) is 0 Å². The Labute approximate surface area is 205 Å². The summed E-state index contributed by atoms with van der Waals surface area (Å²) in [6.07, 6.45) is 9.43. The number of aliphatic hydroxyl groups excluding tert-OH is 1. The van der Waals surface area contributed by atoms with Crippen molar-refractivity contribution < 1.29 is 20.1 Å². The fraction of sp³-hybridized carbons (Fsp3) is 0.385. The van der Waals surface area contributed by atoms with Crippen molar-refractivity contribution in [2.24, 2.45) is 0 Å². The maximum atomic E-state index is 9.66. The molecule has 0 fully saturated rings. The highest BCUT2D eigenvalue weighted by molar-refractivity contribution is 8.00. The number of nitrogens with one attached hydrogen (secondary N) is 1. The number of aromatic hydroxyl groups is 1. The largest absolute Gasteiger partial charge is 0.507 e. The zero-order valence-corrected chi connectivity index (χ0v) is 20.3. The molecule has 0 bridgehead atoms. The van der Waals surface area contributed by atoms with Crippen LogP contribution in [0.3, 0.4) is 0 Å². The molecule has 1 aromatic heterocycles. The summed E-state index contributed by atoms with van der Waals surface area (Å²) in [7, 11) is 0. The molecule has 0 saturated heterocycles. The van der Waals surface area contributed by atoms with Crippen molar-refractivity contribution in [1.29, 1.82) is 0 Å².